The zero-order valence-electron chi connectivity index (χ0n) is 18.0. The molecular weight excluding hydrogens is 392 g/mol. The smallest absolute Gasteiger partial charge is 0.315 e. The number of carbonyl (C=O) groups excluding carboxylic acids is 2. The molecule has 0 saturated carbocycles. The maximum absolute atomic E-state index is 12.2. The molecule has 0 bridgehead atoms. The van der Waals surface area contributed by atoms with Crippen molar-refractivity contribution in [1.29, 1.82) is 0 Å². The Morgan fingerprint density at radius 1 is 1.10 bits per heavy atom. The highest BCUT2D eigenvalue weighted by Crippen LogP contribution is 2.26. The molecule has 2 heterocycles. The van der Waals surface area contributed by atoms with Crippen molar-refractivity contribution in [2.45, 2.75) is 25.8 Å². The third kappa shape index (κ3) is 5.29. The van der Waals surface area contributed by atoms with Crippen LogP contribution >= 0.6 is 0 Å². The summed E-state index contributed by atoms with van der Waals surface area (Å²) in [5, 5.41) is 5.91. The Morgan fingerprint density at radius 2 is 1.94 bits per heavy atom. The van der Waals surface area contributed by atoms with E-state index in [9.17, 15) is 9.59 Å². The normalized spacial score (nSPS) is 18.4. The van der Waals surface area contributed by atoms with E-state index in [0.717, 1.165) is 55.2 Å². The molecule has 2 aromatic rings. The minimum absolute atomic E-state index is 0.154. The van der Waals surface area contributed by atoms with Gasteiger partial charge in [0, 0.05) is 56.6 Å². The lowest BCUT2D eigenvalue weighted by atomic mass is 10.1. The average molecular weight is 423 g/mol. The number of rotatable bonds is 7. The molecular formula is C24H30N4O3. The molecule has 2 N–H and O–H groups in total. The summed E-state index contributed by atoms with van der Waals surface area (Å²) in [4.78, 5) is 28.2. The van der Waals surface area contributed by atoms with E-state index in [-0.39, 0.29) is 11.9 Å². The van der Waals surface area contributed by atoms with Gasteiger partial charge in [0.05, 0.1) is 7.11 Å². The van der Waals surface area contributed by atoms with Crippen molar-refractivity contribution in [3.63, 3.8) is 0 Å². The first-order valence-electron chi connectivity index (χ1n) is 10.9. The highest BCUT2D eigenvalue weighted by Gasteiger charge is 2.23. The van der Waals surface area contributed by atoms with E-state index in [4.69, 9.17) is 4.74 Å². The lowest BCUT2D eigenvalue weighted by Crippen LogP contribution is -2.38. The fraction of sp³-hybridized carbons (Fsp3) is 0.417. The Bertz CT molecular complexity index is 915. The molecule has 7 heteroatoms. The second-order valence-corrected chi connectivity index (χ2v) is 8.18. The number of ether oxygens (including phenoxy) is 1. The number of urea groups is 1. The minimum Gasteiger partial charge on any atom is -0.497 e. The Labute approximate surface area is 183 Å². The fourth-order valence-electron chi connectivity index (χ4n) is 4.24. The Kier molecular flexibility index (Phi) is 6.60. The summed E-state index contributed by atoms with van der Waals surface area (Å²) in [5.74, 6) is 1.47. The van der Waals surface area contributed by atoms with Gasteiger partial charge in [-0.3, -0.25) is 4.79 Å². The highest BCUT2D eigenvalue weighted by molar-refractivity contribution is 5.95. The van der Waals surface area contributed by atoms with Gasteiger partial charge in [-0.15, -0.1) is 0 Å². The average Bonchev–Trinajstić information content (AvgIpc) is 3.46. The van der Waals surface area contributed by atoms with Crippen molar-refractivity contribution < 1.29 is 14.3 Å². The van der Waals surface area contributed by atoms with Gasteiger partial charge in [0.1, 0.15) is 5.75 Å². The second kappa shape index (κ2) is 9.73. The number of benzene rings is 2. The highest BCUT2D eigenvalue weighted by atomic mass is 16.5. The first kappa shape index (κ1) is 21.0. The van der Waals surface area contributed by atoms with Crippen LogP contribution in [-0.4, -0.2) is 45.2 Å². The molecule has 0 radical (unpaired) electrons. The topological polar surface area (TPSA) is 73.9 Å². The molecule has 2 saturated heterocycles. The first-order valence-corrected chi connectivity index (χ1v) is 10.9. The van der Waals surface area contributed by atoms with Crippen LogP contribution in [0, 0.1) is 5.92 Å². The number of hydrogen-bond donors (Lipinski definition) is 2. The summed E-state index contributed by atoms with van der Waals surface area (Å²) in [6, 6.07) is 15.8. The van der Waals surface area contributed by atoms with Crippen LogP contribution in [0.15, 0.2) is 48.5 Å². The van der Waals surface area contributed by atoms with Gasteiger partial charge in [0.25, 0.3) is 0 Å². The number of carbonyl (C=O) groups is 2. The van der Waals surface area contributed by atoms with Crippen molar-refractivity contribution in [2.24, 2.45) is 5.92 Å². The van der Waals surface area contributed by atoms with E-state index in [1.807, 2.05) is 47.4 Å². The van der Waals surface area contributed by atoms with E-state index >= 15 is 0 Å². The fourth-order valence-corrected chi connectivity index (χ4v) is 4.24. The zero-order chi connectivity index (χ0) is 21.6. The largest absolute Gasteiger partial charge is 0.497 e. The van der Waals surface area contributed by atoms with E-state index in [0.29, 0.717) is 25.4 Å². The molecule has 4 rings (SSSR count). The van der Waals surface area contributed by atoms with Crippen molar-refractivity contribution in [1.82, 2.24) is 10.6 Å². The lowest BCUT2D eigenvalue weighted by Gasteiger charge is -2.19. The predicted octanol–water partition coefficient (Wildman–Crippen LogP) is 3.15. The molecule has 3 amide bonds. The van der Waals surface area contributed by atoms with Crippen LogP contribution < -0.4 is 25.2 Å². The number of methoxy groups -OCH3 is 1. The third-order valence-electron chi connectivity index (χ3n) is 6.03. The van der Waals surface area contributed by atoms with Crippen molar-refractivity contribution in [3.8, 4) is 5.75 Å². The van der Waals surface area contributed by atoms with Crippen molar-refractivity contribution in [3.05, 3.63) is 54.1 Å². The molecule has 0 aliphatic carbocycles. The summed E-state index contributed by atoms with van der Waals surface area (Å²) in [5.41, 5.74) is 3.10. The van der Waals surface area contributed by atoms with E-state index in [1.54, 1.807) is 7.11 Å². The van der Waals surface area contributed by atoms with Crippen LogP contribution in [0.5, 0.6) is 5.75 Å². The molecule has 164 valence electrons. The molecule has 2 aliphatic heterocycles. The quantitative estimate of drug-likeness (QED) is 0.719. The number of amides is 3. The predicted molar refractivity (Wildman–Crippen MR) is 122 cm³/mol. The van der Waals surface area contributed by atoms with Gasteiger partial charge in [-0.05, 0) is 48.6 Å². The van der Waals surface area contributed by atoms with Gasteiger partial charge >= 0.3 is 6.03 Å². The van der Waals surface area contributed by atoms with Gasteiger partial charge < -0.3 is 25.2 Å². The Hall–Kier alpha value is -3.22. The van der Waals surface area contributed by atoms with E-state index in [2.05, 4.69) is 21.6 Å². The van der Waals surface area contributed by atoms with Crippen LogP contribution in [-0.2, 0) is 11.3 Å². The van der Waals surface area contributed by atoms with Crippen LogP contribution in [0.2, 0.25) is 0 Å². The number of anilines is 2. The van der Waals surface area contributed by atoms with Crippen LogP contribution in [0.4, 0.5) is 16.2 Å². The van der Waals surface area contributed by atoms with Gasteiger partial charge in [-0.1, -0.05) is 18.2 Å². The zero-order valence-corrected chi connectivity index (χ0v) is 18.0. The molecule has 2 aromatic carbocycles. The molecule has 0 spiro atoms. The summed E-state index contributed by atoms with van der Waals surface area (Å²) < 4.78 is 5.31. The van der Waals surface area contributed by atoms with E-state index in [1.165, 1.54) is 0 Å². The maximum Gasteiger partial charge on any atom is 0.315 e. The van der Waals surface area contributed by atoms with E-state index < -0.39 is 0 Å². The standard InChI is InChI=1S/C24H30N4O3/c1-31-22-5-2-4-21(14-22)27-13-11-19(17-27)16-26-24(30)25-15-18-7-9-20(10-8-18)28-12-3-6-23(28)29/h2,4-5,7-10,14,19H,3,6,11-13,15-17H2,1H3,(H2,25,26,30). The van der Waals surface area contributed by atoms with Gasteiger partial charge in [0.15, 0.2) is 0 Å². The van der Waals surface area contributed by atoms with Gasteiger partial charge in [0.2, 0.25) is 5.91 Å². The van der Waals surface area contributed by atoms with Crippen LogP contribution in [0.1, 0.15) is 24.8 Å². The number of nitrogens with one attached hydrogen (secondary N) is 2. The van der Waals surface area contributed by atoms with Crippen LogP contribution in [0.25, 0.3) is 0 Å². The molecule has 2 aliphatic rings. The van der Waals surface area contributed by atoms with Gasteiger partial charge in [-0.2, -0.15) is 0 Å². The Morgan fingerprint density at radius 3 is 2.68 bits per heavy atom. The third-order valence-corrected chi connectivity index (χ3v) is 6.03. The molecule has 0 aromatic heterocycles. The second-order valence-electron chi connectivity index (χ2n) is 8.18. The molecule has 7 nitrogen and oxygen atoms in total. The molecule has 1 unspecified atom stereocenters. The summed E-state index contributed by atoms with van der Waals surface area (Å²) in [6.07, 6.45) is 2.59. The lowest BCUT2D eigenvalue weighted by molar-refractivity contribution is -0.117. The molecule has 2 fully saturated rings. The maximum atomic E-state index is 12.2. The van der Waals surface area contributed by atoms with Crippen LogP contribution in [0.3, 0.4) is 0 Å². The summed E-state index contributed by atoms with van der Waals surface area (Å²) >= 11 is 0. The van der Waals surface area contributed by atoms with Crippen molar-refractivity contribution in [2.75, 3.05) is 43.1 Å². The Balaban J connectivity index is 1.19. The molecule has 31 heavy (non-hydrogen) atoms. The van der Waals surface area contributed by atoms with Gasteiger partial charge in [-0.25, -0.2) is 4.79 Å². The number of nitrogens with zero attached hydrogens (tertiary/aromatic N) is 2. The molecule has 1 atom stereocenters. The SMILES string of the molecule is COc1cccc(N2CCC(CNC(=O)NCc3ccc(N4CCCC4=O)cc3)C2)c1. The first-order chi connectivity index (χ1) is 15.1. The number of hydrogen-bond acceptors (Lipinski definition) is 4. The van der Waals surface area contributed by atoms with Crippen molar-refractivity contribution >= 4 is 23.3 Å². The minimum atomic E-state index is -0.154. The monoisotopic (exact) mass is 422 g/mol. The summed E-state index contributed by atoms with van der Waals surface area (Å²) in [6.45, 7) is 3.80. The summed E-state index contributed by atoms with van der Waals surface area (Å²) in [7, 11) is 1.68.